The Morgan fingerprint density at radius 3 is 2.70 bits per heavy atom. The fraction of sp³-hybridized carbons (Fsp3) is 0.500. The van der Waals surface area contributed by atoms with Gasteiger partial charge in [0.1, 0.15) is 11.6 Å². The lowest BCUT2D eigenvalue weighted by Crippen LogP contribution is -2.42. The van der Waals surface area contributed by atoms with Crippen molar-refractivity contribution in [1.82, 2.24) is 0 Å². The Labute approximate surface area is 58.9 Å². The summed E-state index contributed by atoms with van der Waals surface area (Å²) in [6, 6.07) is 0. The van der Waals surface area contributed by atoms with Crippen LogP contribution in [0.5, 0.6) is 0 Å². The van der Waals surface area contributed by atoms with Crippen LogP contribution in [0.25, 0.3) is 0 Å². The second kappa shape index (κ2) is 1.78. The van der Waals surface area contributed by atoms with Gasteiger partial charge >= 0.3 is 0 Å². The average Bonchev–Trinajstić information content (AvgIpc) is 1.91. The fourth-order valence-corrected chi connectivity index (χ4v) is 1.58. The van der Waals surface area contributed by atoms with Crippen LogP contribution in [0.1, 0.15) is 12.8 Å². The molecule has 0 amide bonds. The predicted octanol–water partition coefficient (Wildman–Crippen LogP) is 0.721. The molecular formula is C8H8O2. The molecule has 2 atom stereocenters. The molecule has 0 aromatic rings. The van der Waals surface area contributed by atoms with Crippen LogP contribution in [0.2, 0.25) is 0 Å². The standard InChI is InChI=1S/C8H8O2/c9-7-3-1-2-5-6(7)4-8(5)10/h1-2,5-6H,3-4H2. The van der Waals surface area contributed by atoms with Crippen LogP contribution >= 0.6 is 0 Å². The van der Waals surface area contributed by atoms with Crippen molar-refractivity contribution in [2.45, 2.75) is 12.8 Å². The second-order valence-corrected chi connectivity index (χ2v) is 2.90. The summed E-state index contributed by atoms with van der Waals surface area (Å²) in [4.78, 5) is 21.8. The minimum atomic E-state index is -0.0405. The molecule has 0 aromatic carbocycles. The van der Waals surface area contributed by atoms with Gasteiger partial charge in [-0.1, -0.05) is 12.2 Å². The van der Waals surface area contributed by atoms with Crippen molar-refractivity contribution in [3.63, 3.8) is 0 Å². The lowest BCUT2D eigenvalue weighted by atomic mass is 9.67. The number of ketones is 2. The van der Waals surface area contributed by atoms with E-state index >= 15 is 0 Å². The number of hydrogen-bond donors (Lipinski definition) is 0. The highest BCUT2D eigenvalue weighted by Gasteiger charge is 2.43. The minimum absolute atomic E-state index is 0.0405. The van der Waals surface area contributed by atoms with Gasteiger partial charge in [0.2, 0.25) is 0 Å². The van der Waals surface area contributed by atoms with E-state index in [9.17, 15) is 9.59 Å². The van der Waals surface area contributed by atoms with Crippen LogP contribution in [-0.2, 0) is 9.59 Å². The molecule has 2 heteroatoms. The highest BCUT2D eigenvalue weighted by molar-refractivity contribution is 6.01. The van der Waals surface area contributed by atoms with Crippen LogP contribution in [0, 0.1) is 11.8 Å². The van der Waals surface area contributed by atoms with E-state index in [4.69, 9.17) is 0 Å². The summed E-state index contributed by atoms with van der Waals surface area (Å²) >= 11 is 0. The minimum Gasteiger partial charge on any atom is -0.299 e. The molecule has 0 radical (unpaired) electrons. The van der Waals surface area contributed by atoms with E-state index in [1.54, 1.807) is 6.08 Å². The zero-order valence-electron chi connectivity index (χ0n) is 5.54. The summed E-state index contributed by atoms with van der Waals surface area (Å²) < 4.78 is 0. The molecule has 52 valence electrons. The van der Waals surface area contributed by atoms with Crippen LogP contribution < -0.4 is 0 Å². The van der Waals surface area contributed by atoms with Gasteiger partial charge in [-0.2, -0.15) is 0 Å². The Balaban J connectivity index is 2.25. The number of fused-ring (bicyclic) bond motifs is 1. The summed E-state index contributed by atoms with van der Waals surface area (Å²) in [7, 11) is 0. The first-order chi connectivity index (χ1) is 4.79. The van der Waals surface area contributed by atoms with Gasteiger partial charge in [-0.25, -0.2) is 0 Å². The Bertz CT molecular complexity index is 227. The van der Waals surface area contributed by atoms with E-state index < -0.39 is 0 Å². The Morgan fingerprint density at radius 2 is 2.10 bits per heavy atom. The maximum absolute atomic E-state index is 11.0. The van der Waals surface area contributed by atoms with Crippen molar-refractivity contribution >= 4 is 11.6 Å². The maximum Gasteiger partial charge on any atom is 0.141 e. The molecule has 0 heterocycles. The van der Waals surface area contributed by atoms with Gasteiger partial charge in [0.15, 0.2) is 0 Å². The van der Waals surface area contributed by atoms with Crippen LogP contribution in [0.3, 0.4) is 0 Å². The Kier molecular flexibility index (Phi) is 1.04. The van der Waals surface area contributed by atoms with Gasteiger partial charge in [-0.3, -0.25) is 9.59 Å². The van der Waals surface area contributed by atoms with Gasteiger partial charge < -0.3 is 0 Å². The van der Waals surface area contributed by atoms with Crippen molar-refractivity contribution in [2.75, 3.05) is 0 Å². The summed E-state index contributed by atoms with van der Waals surface area (Å²) in [5.41, 5.74) is 0. The number of rotatable bonds is 0. The summed E-state index contributed by atoms with van der Waals surface area (Å²) in [6.07, 6.45) is 4.71. The number of carbonyl (C=O) groups excluding carboxylic acids is 2. The fourth-order valence-electron chi connectivity index (χ4n) is 1.58. The largest absolute Gasteiger partial charge is 0.299 e. The van der Waals surface area contributed by atoms with E-state index in [-0.39, 0.29) is 23.4 Å². The monoisotopic (exact) mass is 136 g/mol. The van der Waals surface area contributed by atoms with E-state index in [0.717, 1.165) is 0 Å². The average molecular weight is 136 g/mol. The van der Waals surface area contributed by atoms with Gasteiger partial charge in [0.25, 0.3) is 0 Å². The highest BCUT2D eigenvalue weighted by Crippen LogP contribution is 2.36. The molecule has 0 bridgehead atoms. The van der Waals surface area contributed by atoms with E-state index in [1.165, 1.54) is 0 Å². The molecule has 2 aliphatic rings. The number of allylic oxidation sites excluding steroid dienone is 2. The van der Waals surface area contributed by atoms with Crippen molar-refractivity contribution in [3.8, 4) is 0 Å². The normalized spacial score (nSPS) is 37.2. The van der Waals surface area contributed by atoms with Crippen LogP contribution in [0.4, 0.5) is 0 Å². The van der Waals surface area contributed by atoms with Gasteiger partial charge in [-0.05, 0) is 0 Å². The zero-order valence-corrected chi connectivity index (χ0v) is 5.54. The molecule has 0 spiro atoms. The first-order valence-electron chi connectivity index (χ1n) is 3.51. The van der Waals surface area contributed by atoms with Crippen molar-refractivity contribution in [3.05, 3.63) is 12.2 Å². The Hall–Kier alpha value is -0.920. The van der Waals surface area contributed by atoms with Gasteiger partial charge in [0, 0.05) is 24.7 Å². The van der Waals surface area contributed by atoms with Crippen LogP contribution in [-0.4, -0.2) is 11.6 Å². The third kappa shape index (κ3) is 0.589. The Morgan fingerprint density at radius 1 is 1.30 bits per heavy atom. The molecule has 0 saturated heterocycles. The molecule has 1 fully saturated rings. The van der Waals surface area contributed by atoms with E-state index in [1.807, 2.05) is 6.08 Å². The smallest absolute Gasteiger partial charge is 0.141 e. The van der Waals surface area contributed by atoms with E-state index in [2.05, 4.69) is 0 Å². The third-order valence-electron chi connectivity index (χ3n) is 2.30. The van der Waals surface area contributed by atoms with Gasteiger partial charge in [0.05, 0.1) is 0 Å². The van der Waals surface area contributed by atoms with Crippen molar-refractivity contribution in [2.24, 2.45) is 11.8 Å². The summed E-state index contributed by atoms with van der Waals surface area (Å²) in [6.45, 7) is 0. The lowest BCUT2D eigenvalue weighted by Gasteiger charge is -2.33. The number of hydrogen-bond acceptors (Lipinski definition) is 2. The van der Waals surface area contributed by atoms with Gasteiger partial charge in [-0.15, -0.1) is 0 Å². The molecule has 1 saturated carbocycles. The highest BCUT2D eigenvalue weighted by atomic mass is 16.1. The van der Waals surface area contributed by atoms with Crippen molar-refractivity contribution in [1.29, 1.82) is 0 Å². The molecule has 2 nitrogen and oxygen atoms in total. The number of carbonyl (C=O) groups is 2. The topological polar surface area (TPSA) is 34.1 Å². The molecule has 2 aliphatic carbocycles. The molecular weight excluding hydrogens is 128 g/mol. The molecule has 0 N–H and O–H groups in total. The number of Topliss-reactive ketones (excluding diaryl/α,β-unsaturated/α-hetero) is 2. The predicted molar refractivity (Wildman–Crippen MR) is 35.4 cm³/mol. The summed E-state index contributed by atoms with van der Waals surface area (Å²) in [5, 5.41) is 0. The molecule has 0 aliphatic heterocycles. The lowest BCUT2D eigenvalue weighted by molar-refractivity contribution is -0.141. The first kappa shape index (κ1) is 5.83. The maximum atomic E-state index is 11.0. The quantitative estimate of drug-likeness (QED) is 0.460. The zero-order chi connectivity index (χ0) is 7.14. The summed E-state index contributed by atoms with van der Waals surface area (Å²) in [5.74, 6) is 0.486. The molecule has 0 aromatic heterocycles. The SMILES string of the molecule is O=C1CC2C(=O)CC=CC12. The van der Waals surface area contributed by atoms with E-state index in [0.29, 0.717) is 12.8 Å². The first-order valence-corrected chi connectivity index (χ1v) is 3.51. The second-order valence-electron chi connectivity index (χ2n) is 2.90. The van der Waals surface area contributed by atoms with Crippen molar-refractivity contribution < 1.29 is 9.59 Å². The molecule has 10 heavy (non-hydrogen) atoms. The molecule has 2 unspecified atom stereocenters. The molecule has 2 rings (SSSR count). The third-order valence-corrected chi connectivity index (χ3v) is 2.30. The van der Waals surface area contributed by atoms with Crippen LogP contribution in [0.15, 0.2) is 12.2 Å².